The van der Waals surface area contributed by atoms with Crippen LogP contribution >= 0.6 is 15.9 Å². The molecule has 3 aromatic rings. The highest BCUT2D eigenvalue weighted by Crippen LogP contribution is 2.29. The van der Waals surface area contributed by atoms with Crippen LogP contribution in [0.15, 0.2) is 60.8 Å². The molecule has 1 fully saturated rings. The monoisotopic (exact) mass is 482 g/mol. The summed E-state index contributed by atoms with van der Waals surface area (Å²) in [4.78, 5) is 21.9. The van der Waals surface area contributed by atoms with Gasteiger partial charge in [-0.2, -0.15) is 0 Å². The van der Waals surface area contributed by atoms with Gasteiger partial charge in [-0.25, -0.2) is 4.98 Å². The lowest BCUT2D eigenvalue weighted by atomic mass is 10.1. The molecule has 2 aromatic carbocycles. The maximum Gasteiger partial charge on any atom is 0.251 e. The number of benzene rings is 2. The predicted octanol–water partition coefficient (Wildman–Crippen LogP) is 3.91. The maximum atomic E-state index is 12.8. The fourth-order valence-corrected chi connectivity index (χ4v) is 4.05. The average molecular weight is 483 g/mol. The summed E-state index contributed by atoms with van der Waals surface area (Å²) in [5, 5.41) is 4.91. The van der Waals surface area contributed by atoms with Crippen molar-refractivity contribution in [3.05, 3.63) is 66.4 Å². The molecule has 1 aromatic heterocycles. The van der Waals surface area contributed by atoms with Crippen molar-refractivity contribution in [1.82, 2.24) is 15.2 Å². The van der Waals surface area contributed by atoms with E-state index in [0.717, 1.165) is 49.3 Å². The largest absolute Gasteiger partial charge is 0.479 e. The van der Waals surface area contributed by atoms with Crippen molar-refractivity contribution in [2.45, 2.75) is 11.9 Å². The highest BCUT2D eigenvalue weighted by Gasteiger charge is 2.18. The van der Waals surface area contributed by atoms with Crippen LogP contribution in [0, 0.1) is 0 Å². The van der Waals surface area contributed by atoms with Crippen molar-refractivity contribution >= 4 is 38.4 Å². The van der Waals surface area contributed by atoms with E-state index in [9.17, 15) is 4.79 Å². The first-order chi connectivity index (χ1) is 15.1. The van der Waals surface area contributed by atoms with E-state index in [1.165, 1.54) is 0 Å². The first-order valence-corrected chi connectivity index (χ1v) is 11.5. The minimum absolute atomic E-state index is 0.0787. The number of carbonyl (C=O) groups is 1. The van der Waals surface area contributed by atoms with Crippen LogP contribution in [0.5, 0.6) is 5.75 Å². The van der Waals surface area contributed by atoms with Crippen LogP contribution < -0.4 is 15.0 Å². The van der Waals surface area contributed by atoms with Gasteiger partial charge in [-0.3, -0.25) is 9.69 Å². The first kappa shape index (κ1) is 21.6. The number of fused-ring (bicyclic) bond motifs is 1. The molecule has 1 atom stereocenters. The van der Waals surface area contributed by atoms with Crippen LogP contribution in [-0.2, 0) is 0 Å². The van der Waals surface area contributed by atoms with E-state index in [-0.39, 0.29) is 10.9 Å². The second-order valence-electron chi connectivity index (χ2n) is 7.63. The number of halogens is 1. The second-order valence-corrected chi connectivity index (χ2v) is 8.92. The Morgan fingerprint density at radius 2 is 1.90 bits per heavy atom. The van der Waals surface area contributed by atoms with Crippen molar-refractivity contribution in [2.75, 3.05) is 44.2 Å². The molecule has 2 heterocycles. The first-order valence-electron chi connectivity index (χ1n) is 10.6. The van der Waals surface area contributed by atoms with Gasteiger partial charge in [-0.1, -0.05) is 30.3 Å². The van der Waals surface area contributed by atoms with Gasteiger partial charge in [0.25, 0.3) is 5.91 Å². The molecule has 0 spiro atoms. The normalized spacial score (nSPS) is 15.6. The number of nitrogens with one attached hydrogen (secondary N) is 1. The molecule has 1 amide bonds. The second kappa shape index (κ2) is 10.1. The third kappa shape index (κ3) is 5.54. The van der Waals surface area contributed by atoms with Gasteiger partial charge in [0.05, 0.1) is 0 Å². The highest BCUT2D eigenvalue weighted by molar-refractivity contribution is 9.09. The summed E-state index contributed by atoms with van der Waals surface area (Å²) in [6.07, 6.45) is 1.83. The summed E-state index contributed by atoms with van der Waals surface area (Å²) >= 11 is 3.43. The van der Waals surface area contributed by atoms with Gasteiger partial charge in [0.2, 0.25) is 0 Å². The Balaban J connectivity index is 1.32. The van der Waals surface area contributed by atoms with E-state index in [1.807, 2.05) is 67.7 Å². The third-order valence-electron chi connectivity index (χ3n) is 5.43. The molecule has 1 N–H and O–H groups in total. The van der Waals surface area contributed by atoms with Gasteiger partial charge in [-0.05, 0) is 52.5 Å². The van der Waals surface area contributed by atoms with Gasteiger partial charge in [0, 0.05) is 56.4 Å². The molecule has 4 rings (SSSR count). The molecule has 31 heavy (non-hydrogen) atoms. The Kier molecular flexibility index (Phi) is 7.04. The number of alkyl halides is 1. The van der Waals surface area contributed by atoms with Crippen LogP contribution in [0.3, 0.4) is 0 Å². The molecule has 0 bridgehead atoms. The smallest absolute Gasteiger partial charge is 0.251 e. The lowest BCUT2D eigenvalue weighted by Crippen LogP contribution is -2.48. The standard InChI is InChI=1S/C24H27BrN4O2/c1-18(25)31-22-17-20(16-19-6-2-3-7-21(19)22)24(30)27-10-11-28-12-14-29(15-13-28)23-8-4-5-9-26-23/h2-9,16-18H,10-15H2,1H3,(H,27,30). The van der Waals surface area contributed by atoms with Gasteiger partial charge >= 0.3 is 0 Å². The van der Waals surface area contributed by atoms with E-state index in [0.29, 0.717) is 17.9 Å². The third-order valence-corrected chi connectivity index (χ3v) is 5.62. The van der Waals surface area contributed by atoms with Gasteiger partial charge < -0.3 is 15.0 Å². The van der Waals surface area contributed by atoms with Crippen molar-refractivity contribution in [1.29, 1.82) is 0 Å². The van der Waals surface area contributed by atoms with Gasteiger partial charge in [-0.15, -0.1) is 0 Å². The molecule has 162 valence electrons. The zero-order valence-corrected chi connectivity index (χ0v) is 19.2. The Hall–Kier alpha value is -2.64. The topological polar surface area (TPSA) is 57.7 Å². The van der Waals surface area contributed by atoms with E-state index in [4.69, 9.17) is 4.74 Å². The quantitative estimate of drug-likeness (QED) is 0.517. The highest BCUT2D eigenvalue weighted by atomic mass is 79.9. The Labute approximate surface area is 191 Å². The Morgan fingerprint density at radius 1 is 1.13 bits per heavy atom. The SMILES string of the molecule is CC(Br)Oc1cc(C(=O)NCCN2CCN(c3ccccn3)CC2)cc2ccccc12. The van der Waals surface area contributed by atoms with Crippen LogP contribution in [0.4, 0.5) is 5.82 Å². The van der Waals surface area contributed by atoms with Gasteiger partial charge in [0.1, 0.15) is 11.6 Å². The van der Waals surface area contributed by atoms with Crippen LogP contribution in [0.25, 0.3) is 10.8 Å². The molecule has 1 aliphatic rings. The Bertz CT molecular complexity index is 1020. The molecule has 0 radical (unpaired) electrons. The van der Waals surface area contributed by atoms with E-state index in [1.54, 1.807) is 0 Å². The lowest BCUT2D eigenvalue weighted by Gasteiger charge is -2.35. The summed E-state index contributed by atoms with van der Waals surface area (Å²) < 4.78 is 5.88. The number of aromatic nitrogens is 1. The minimum atomic E-state index is -0.140. The Morgan fingerprint density at radius 3 is 2.65 bits per heavy atom. The molecule has 0 aliphatic carbocycles. The molecule has 6 nitrogen and oxygen atoms in total. The number of nitrogens with zero attached hydrogens (tertiary/aromatic N) is 3. The lowest BCUT2D eigenvalue weighted by molar-refractivity contribution is 0.0947. The van der Waals surface area contributed by atoms with Crippen LogP contribution in [0.2, 0.25) is 0 Å². The molecule has 1 saturated heterocycles. The number of hydrogen-bond donors (Lipinski definition) is 1. The molecular weight excluding hydrogens is 456 g/mol. The average Bonchev–Trinajstić information content (AvgIpc) is 2.79. The summed E-state index contributed by atoms with van der Waals surface area (Å²) in [5.74, 6) is 1.66. The van der Waals surface area contributed by atoms with Crippen molar-refractivity contribution < 1.29 is 9.53 Å². The number of carbonyl (C=O) groups excluding carboxylic acids is 1. The van der Waals surface area contributed by atoms with E-state index >= 15 is 0 Å². The summed E-state index contributed by atoms with van der Waals surface area (Å²) in [6.45, 7) is 7.17. The van der Waals surface area contributed by atoms with Crippen molar-refractivity contribution in [2.24, 2.45) is 0 Å². The van der Waals surface area contributed by atoms with E-state index in [2.05, 4.69) is 36.0 Å². The molecule has 1 aliphatic heterocycles. The number of pyridine rings is 1. The summed E-state index contributed by atoms with van der Waals surface area (Å²) in [6, 6.07) is 17.7. The van der Waals surface area contributed by atoms with Crippen molar-refractivity contribution in [3.63, 3.8) is 0 Å². The van der Waals surface area contributed by atoms with Crippen LogP contribution in [-0.4, -0.2) is 60.1 Å². The van der Waals surface area contributed by atoms with Crippen LogP contribution in [0.1, 0.15) is 17.3 Å². The zero-order valence-electron chi connectivity index (χ0n) is 17.6. The molecular formula is C24H27BrN4O2. The number of anilines is 1. The summed E-state index contributed by atoms with van der Waals surface area (Å²) in [7, 11) is 0. The number of piperazine rings is 1. The number of hydrogen-bond acceptors (Lipinski definition) is 5. The molecule has 7 heteroatoms. The number of rotatable bonds is 7. The predicted molar refractivity (Wildman–Crippen MR) is 128 cm³/mol. The molecule has 0 saturated carbocycles. The fourth-order valence-electron chi connectivity index (χ4n) is 3.85. The van der Waals surface area contributed by atoms with E-state index < -0.39 is 0 Å². The number of amides is 1. The zero-order chi connectivity index (χ0) is 21.6. The number of ether oxygens (including phenoxy) is 1. The fraction of sp³-hybridized carbons (Fsp3) is 0.333. The summed E-state index contributed by atoms with van der Waals surface area (Å²) in [5.41, 5.74) is 0.613. The minimum Gasteiger partial charge on any atom is -0.479 e. The van der Waals surface area contributed by atoms with Gasteiger partial charge in [0.15, 0.2) is 5.01 Å². The van der Waals surface area contributed by atoms with Crippen molar-refractivity contribution in [3.8, 4) is 5.75 Å². The maximum absolute atomic E-state index is 12.8. The molecule has 1 unspecified atom stereocenters.